The van der Waals surface area contributed by atoms with Crippen molar-refractivity contribution in [2.24, 2.45) is 0 Å². The van der Waals surface area contributed by atoms with E-state index < -0.39 is 6.03 Å². The fourth-order valence-electron chi connectivity index (χ4n) is 2.18. The largest absolute Gasteiger partial charge is 0.431 e. The summed E-state index contributed by atoms with van der Waals surface area (Å²) in [6.07, 6.45) is 0.170. The Balaban J connectivity index is 1.39. The molecule has 2 N–H and O–H groups in total. The third kappa shape index (κ3) is 5.24. The van der Waals surface area contributed by atoms with Gasteiger partial charge in [0.25, 0.3) is 5.22 Å². The van der Waals surface area contributed by atoms with E-state index >= 15 is 0 Å². The lowest BCUT2D eigenvalue weighted by Gasteiger charge is -2.06. The monoisotopic (exact) mass is 389 g/mol. The van der Waals surface area contributed by atoms with E-state index in [0.29, 0.717) is 33.6 Å². The van der Waals surface area contributed by atoms with Gasteiger partial charge in [-0.1, -0.05) is 53.7 Å². The maximum absolute atomic E-state index is 11.8. The number of carbonyl (C=O) groups is 2. The maximum atomic E-state index is 11.8. The van der Waals surface area contributed by atoms with Crippen LogP contribution in [-0.4, -0.2) is 22.7 Å². The van der Waals surface area contributed by atoms with Crippen molar-refractivity contribution in [3.05, 3.63) is 59.1 Å². The van der Waals surface area contributed by atoms with Gasteiger partial charge in [0.2, 0.25) is 5.91 Å². The predicted octanol–water partition coefficient (Wildman–Crippen LogP) is 3.99. The van der Waals surface area contributed by atoms with Crippen LogP contribution in [0.5, 0.6) is 0 Å². The number of carbonyl (C=O) groups excluding carboxylic acids is 2. The molecule has 0 aliphatic heterocycles. The number of thioether (sulfide) groups is 1. The minimum Gasteiger partial charge on any atom is -0.431 e. The molecule has 0 atom stereocenters. The van der Waals surface area contributed by atoms with Crippen molar-refractivity contribution in [3.63, 3.8) is 0 Å². The summed E-state index contributed by atoms with van der Waals surface area (Å²) in [6.45, 7) is 0.361. The molecular formula is C18H16ClN3O3S. The van der Waals surface area contributed by atoms with Gasteiger partial charge >= 0.3 is 6.03 Å². The minimum absolute atomic E-state index is 0.170. The highest BCUT2D eigenvalue weighted by Crippen LogP contribution is 2.25. The topological polar surface area (TPSA) is 84.2 Å². The van der Waals surface area contributed by atoms with Crippen molar-refractivity contribution < 1.29 is 14.0 Å². The summed E-state index contributed by atoms with van der Waals surface area (Å²) < 4.78 is 5.56. The molecule has 0 bridgehead atoms. The van der Waals surface area contributed by atoms with E-state index in [1.807, 2.05) is 30.3 Å². The second-order valence-electron chi connectivity index (χ2n) is 5.41. The van der Waals surface area contributed by atoms with Crippen LogP contribution in [0.25, 0.3) is 11.1 Å². The first-order valence-electron chi connectivity index (χ1n) is 7.90. The van der Waals surface area contributed by atoms with E-state index in [2.05, 4.69) is 15.6 Å². The molecular weight excluding hydrogens is 374 g/mol. The van der Waals surface area contributed by atoms with Crippen molar-refractivity contribution in [2.75, 3.05) is 5.75 Å². The number of halogens is 1. The SMILES string of the molecule is O=C(CCSc1nc2ccc(Cl)cc2o1)NC(=O)NCc1ccccc1. The molecule has 134 valence electrons. The summed E-state index contributed by atoms with van der Waals surface area (Å²) in [7, 11) is 0. The highest BCUT2D eigenvalue weighted by Gasteiger charge is 2.10. The zero-order chi connectivity index (χ0) is 18.4. The number of aromatic nitrogens is 1. The molecule has 26 heavy (non-hydrogen) atoms. The van der Waals surface area contributed by atoms with Gasteiger partial charge in [0.15, 0.2) is 5.58 Å². The molecule has 0 aliphatic carbocycles. The van der Waals surface area contributed by atoms with Gasteiger partial charge in [0.1, 0.15) is 5.52 Å². The van der Waals surface area contributed by atoms with Gasteiger partial charge in [0.05, 0.1) is 0 Å². The van der Waals surface area contributed by atoms with E-state index in [9.17, 15) is 9.59 Å². The van der Waals surface area contributed by atoms with Gasteiger partial charge in [-0.05, 0) is 17.7 Å². The average molecular weight is 390 g/mol. The standard InChI is InChI=1S/C18H16ClN3O3S/c19-13-6-7-14-15(10-13)25-18(21-14)26-9-8-16(23)22-17(24)20-11-12-4-2-1-3-5-12/h1-7,10H,8-9,11H2,(H2,20,22,23,24). The van der Waals surface area contributed by atoms with Crippen molar-refractivity contribution in [1.82, 2.24) is 15.6 Å². The Bertz CT molecular complexity index is 914. The summed E-state index contributed by atoms with van der Waals surface area (Å²) in [5.74, 6) is 0.0838. The molecule has 1 aromatic heterocycles. The molecule has 3 rings (SSSR count). The summed E-state index contributed by atoms with van der Waals surface area (Å²) in [6, 6.07) is 14.2. The van der Waals surface area contributed by atoms with E-state index in [-0.39, 0.29) is 12.3 Å². The number of fused-ring (bicyclic) bond motifs is 1. The lowest BCUT2D eigenvalue weighted by atomic mass is 10.2. The highest BCUT2D eigenvalue weighted by atomic mass is 35.5. The molecule has 0 radical (unpaired) electrons. The van der Waals surface area contributed by atoms with Gasteiger partial charge in [0, 0.05) is 29.8 Å². The Kier molecular flexibility index (Phi) is 6.14. The van der Waals surface area contributed by atoms with Crippen LogP contribution in [0.3, 0.4) is 0 Å². The van der Waals surface area contributed by atoms with Crippen LogP contribution >= 0.6 is 23.4 Å². The van der Waals surface area contributed by atoms with Crippen LogP contribution < -0.4 is 10.6 Å². The van der Waals surface area contributed by atoms with Crippen LogP contribution in [0.15, 0.2) is 58.2 Å². The first-order valence-corrected chi connectivity index (χ1v) is 9.27. The first-order chi connectivity index (χ1) is 12.6. The van der Waals surface area contributed by atoms with Crippen LogP contribution in [0, 0.1) is 0 Å². The average Bonchev–Trinajstić information content (AvgIpc) is 3.02. The fourth-order valence-corrected chi connectivity index (χ4v) is 3.12. The van der Waals surface area contributed by atoms with E-state index in [1.165, 1.54) is 11.8 Å². The summed E-state index contributed by atoms with van der Waals surface area (Å²) in [5.41, 5.74) is 2.27. The Morgan fingerprint density at radius 3 is 2.77 bits per heavy atom. The van der Waals surface area contributed by atoms with E-state index in [4.69, 9.17) is 16.0 Å². The van der Waals surface area contributed by atoms with E-state index in [1.54, 1.807) is 18.2 Å². The van der Waals surface area contributed by atoms with Crippen molar-refractivity contribution in [3.8, 4) is 0 Å². The quantitative estimate of drug-likeness (QED) is 0.623. The Morgan fingerprint density at radius 2 is 1.96 bits per heavy atom. The number of imide groups is 1. The summed E-state index contributed by atoms with van der Waals surface area (Å²) >= 11 is 7.21. The Labute approximate surface area is 159 Å². The van der Waals surface area contributed by atoms with Crippen molar-refractivity contribution in [1.29, 1.82) is 0 Å². The lowest BCUT2D eigenvalue weighted by molar-refractivity contribution is -0.119. The third-order valence-corrected chi connectivity index (χ3v) is 4.50. The third-order valence-electron chi connectivity index (χ3n) is 3.43. The summed E-state index contributed by atoms with van der Waals surface area (Å²) in [5, 5.41) is 5.98. The van der Waals surface area contributed by atoms with Gasteiger partial charge in [-0.2, -0.15) is 0 Å². The molecule has 6 nitrogen and oxygen atoms in total. The smallest absolute Gasteiger partial charge is 0.321 e. The van der Waals surface area contributed by atoms with Crippen LogP contribution in [0.1, 0.15) is 12.0 Å². The van der Waals surface area contributed by atoms with Crippen LogP contribution in [-0.2, 0) is 11.3 Å². The predicted molar refractivity (Wildman–Crippen MR) is 101 cm³/mol. The number of benzene rings is 2. The molecule has 3 amide bonds. The van der Waals surface area contributed by atoms with Gasteiger partial charge in [-0.25, -0.2) is 9.78 Å². The van der Waals surface area contributed by atoms with Crippen LogP contribution in [0.2, 0.25) is 5.02 Å². The number of nitrogens with one attached hydrogen (secondary N) is 2. The zero-order valence-electron chi connectivity index (χ0n) is 13.7. The van der Waals surface area contributed by atoms with Gasteiger partial charge in [-0.3, -0.25) is 10.1 Å². The summed E-state index contributed by atoms with van der Waals surface area (Å²) in [4.78, 5) is 27.8. The molecule has 0 fully saturated rings. The Morgan fingerprint density at radius 1 is 1.15 bits per heavy atom. The van der Waals surface area contributed by atoms with Gasteiger partial charge < -0.3 is 9.73 Å². The number of amides is 3. The number of hydrogen-bond donors (Lipinski definition) is 2. The zero-order valence-corrected chi connectivity index (χ0v) is 15.3. The number of hydrogen-bond acceptors (Lipinski definition) is 5. The Hall–Kier alpha value is -2.51. The molecule has 0 spiro atoms. The number of nitrogens with zero attached hydrogens (tertiary/aromatic N) is 1. The molecule has 8 heteroatoms. The van der Waals surface area contributed by atoms with E-state index in [0.717, 1.165) is 5.56 Å². The number of rotatable bonds is 6. The minimum atomic E-state index is -0.514. The second-order valence-corrected chi connectivity index (χ2v) is 6.89. The highest BCUT2D eigenvalue weighted by molar-refractivity contribution is 7.99. The van der Waals surface area contributed by atoms with Crippen LogP contribution in [0.4, 0.5) is 4.79 Å². The normalized spacial score (nSPS) is 10.7. The molecule has 0 unspecified atom stereocenters. The maximum Gasteiger partial charge on any atom is 0.321 e. The number of oxazole rings is 1. The molecule has 1 heterocycles. The molecule has 0 saturated heterocycles. The molecule has 3 aromatic rings. The molecule has 2 aromatic carbocycles. The molecule has 0 aliphatic rings. The van der Waals surface area contributed by atoms with Gasteiger partial charge in [-0.15, -0.1) is 0 Å². The first kappa shape index (κ1) is 18.3. The van der Waals surface area contributed by atoms with Crippen molar-refractivity contribution in [2.45, 2.75) is 18.2 Å². The molecule has 0 saturated carbocycles. The second kappa shape index (κ2) is 8.73. The number of urea groups is 1. The fraction of sp³-hybridized carbons (Fsp3) is 0.167. The van der Waals surface area contributed by atoms with Crippen molar-refractivity contribution >= 4 is 46.4 Å². The lowest BCUT2D eigenvalue weighted by Crippen LogP contribution is -2.39.